The summed E-state index contributed by atoms with van der Waals surface area (Å²) in [5.41, 5.74) is 2.36. The van der Waals surface area contributed by atoms with E-state index >= 15 is 0 Å². The van der Waals surface area contributed by atoms with Crippen molar-refractivity contribution >= 4 is 5.91 Å². The van der Waals surface area contributed by atoms with E-state index in [-0.39, 0.29) is 5.91 Å². The molecule has 178 valence electrons. The van der Waals surface area contributed by atoms with Gasteiger partial charge >= 0.3 is 0 Å². The zero-order chi connectivity index (χ0) is 23.5. The number of para-hydroxylation sites is 2. The summed E-state index contributed by atoms with van der Waals surface area (Å²) in [7, 11) is 1.58. The van der Waals surface area contributed by atoms with E-state index in [1.54, 1.807) is 25.3 Å². The number of likely N-dealkylation sites (tertiary alicyclic amines) is 1. The molecule has 7 nitrogen and oxygen atoms in total. The van der Waals surface area contributed by atoms with Crippen LogP contribution < -0.4 is 14.2 Å². The molecular weight excluding hydrogens is 432 g/mol. The van der Waals surface area contributed by atoms with Crippen molar-refractivity contribution in [3.8, 4) is 22.9 Å². The first-order chi connectivity index (χ1) is 16.6. The summed E-state index contributed by atoms with van der Waals surface area (Å²) in [6.07, 6.45) is 3.54. The molecule has 2 aliphatic rings. The zero-order valence-corrected chi connectivity index (χ0v) is 19.7. The number of piperidine rings is 1. The second-order valence-corrected chi connectivity index (χ2v) is 8.53. The van der Waals surface area contributed by atoms with Gasteiger partial charge in [-0.05, 0) is 49.4 Å². The Labute approximate surface area is 199 Å². The minimum Gasteiger partial charge on any atom is -0.493 e. The highest BCUT2D eigenvalue weighted by Crippen LogP contribution is 2.45. The number of ether oxygens (including phenoxy) is 4. The van der Waals surface area contributed by atoms with E-state index in [2.05, 4.69) is 29.0 Å². The molecule has 2 aromatic carbocycles. The average molecular weight is 463 g/mol. The lowest BCUT2D eigenvalue weighted by Crippen LogP contribution is -2.50. The highest BCUT2D eigenvalue weighted by Gasteiger charge is 2.44. The van der Waals surface area contributed by atoms with Crippen molar-refractivity contribution in [1.29, 1.82) is 0 Å². The summed E-state index contributed by atoms with van der Waals surface area (Å²) >= 11 is 0. The molecule has 1 spiro atoms. The molecule has 1 aromatic heterocycles. The van der Waals surface area contributed by atoms with E-state index in [0.717, 1.165) is 30.0 Å². The standard InChI is InChI=1S/C27H30N2O5/c1-3-32-17-18-33-23-11-10-20(19-24(23)31-2)26(30)28-15-12-27(13-16-28)25-9-6-14-29(25)21-7-4-5-8-22(21)34-27/h4-11,14,19H,3,12-13,15-18H2,1-2H3. The summed E-state index contributed by atoms with van der Waals surface area (Å²) in [5.74, 6) is 2.02. The van der Waals surface area contributed by atoms with Gasteiger partial charge in [-0.15, -0.1) is 0 Å². The molecule has 0 unspecified atom stereocenters. The number of benzene rings is 2. The van der Waals surface area contributed by atoms with Crippen molar-refractivity contribution in [3.05, 3.63) is 72.1 Å². The molecule has 1 saturated heterocycles. The van der Waals surface area contributed by atoms with Gasteiger partial charge < -0.3 is 28.4 Å². The van der Waals surface area contributed by atoms with E-state index in [4.69, 9.17) is 18.9 Å². The van der Waals surface area contributed by atoms with Crippen molar-refractivity contribution in [2.45, 2.75) is 25.4 Å². The molecule has 3 heterocycles. The lowest BCUT2D eigenvalue weighted by molar-refractivity contribution is -0.00931. The normalized spacial score (nSPS) is 15.9. The number of hydrogen-bond donors (Lipinski definition) is 0. The third-order valence-corrected chi connectivity index (χ3v) is 6.60. The van der Waals surface area contributed by atoms with Gasteiger partial charge in [-0.25, -0.2) is 0 Å². The van der Waals surface area contributed by atoms with Crippen LogP contribution in [0.25, 0.3) is 5.69 Å². The van der Waals surface area contributed by atoms with Gasteiger partial charge in [-0.1, -0.05) is 12.1 Å². The van der Waals surface area contributed by atoms with Crippen molar-refractivity contribution in [1.82, 2.24) is 9.47 Å². The molecule has 0 N–H and O–H groups in total. The highest BCUT2D eigenvalue weighted by molar-refractivity contribution is 5.95. The Bertz CT molecular complexity index is 1160. The number of carbonyl (C=O) groups excluding carboxylic acids is 1. The molecule has 1 amide bonds. The molecule has 0 aliphatic carbocycles. The first-order valence-electron chi connectivity index (χ1n) is 11.8. The summed E-state index contributed by atoms with van der Waals surface area (Å²) in [4.78, 5) is 15.2. The summed E-state index contributed by atoms with van der Waals surface area (Å²) in [6.45, 7) is 4.75. The summed E-state index contributed by atoms with van der Waals surface area (Å²) < 4.78 is 25.3. The number of methoxy groups -OCH3 is 1. The molecule has 0 saturated carbocycles. The Morgan fingerprint density at radius 2 is 1.85 bits per heavy atom. The lowest BCUT2D eigenvalue weighted by atomic mass is 9.86. The van der Waals surface area contributed by atoms with Gasteiger partial charge in [-0.3, -0.25) is 4.79 Å². The number of amides is 1. The van der Waals surface area contributed by atoms with Crippen LogP contribution in [0.4, 0.5) is 0 Å². The maximum Gasteiger partial charge on any atom is 0.253 e. The van der Waals surface area contributed by atoms with E-state index in [1.165, 1.54) is 0 Å². The van der Waals surface area contributed by atoms with Crippen molar-refractivity contribution < 1.29 is 23.7 Å². The number of rotatable bonds is 7. The predicted octanol–water partition coefficient (Wildman–Crippen LogP) is 4.43. The third-order valence-electron chi connectivity index (χ3n) is 6.60. The molecule has 5 rings (SSSR count). The number of carbonyl (C=O) groups is 1. The quantitative estimate of drug-likeness (QED) is 0.487. The molecule has 0 atom stereocenters. The van der Waals surface area contributed by atoms with Crippen LogP contribution in [0.5, 0.6) is 17.2 Å². The van der Waals surface area contributed by atoms with E-state index in [0.29, 0.717) is 50.0 Å². The third kappa shape index (κ3) is 4.01. The predicted molar refractivity (Wildman–Crippen MR) is 128 cm³/mol. The van der Waals surface area contributed by atoms with E-state index in [9.17, 15) is 4.79 Å². The molecule has 1 fully saturated rings. The van der Waals surface area contributed by atoms with Gasteiger partial charge in [0.15, 0.2) is 17.1 Å². The molecule has 0 radical (unpaired) electrons. The average Bonchev–Trinajstić information content (AvgIpc) is 3.38. The first kappa shape index (κ1) is 22.3. The monoisotopic (exact) mass is 462 g/mol. The fraction of sp³-hybridized carbons (Fsp3) is 0.370. The summed E-state index contributed by atoms with van der Waals surface area (Å²) in [6, 6.07) is 17.6. The van der Waals surface area contributed by atoms with Crippen molar-refractivity contribution in [2.24, 2.45) is 0 Å². The van der Waals surface area contributed by atoms with Gasteiger partial charge in [0, 0.05) is 44.3 Å². The highest BCUT2D eigenvalue weighted by atomic mass is 16.5. The van der Waals surface area contributed by atoms with Crippen LogP contribution in [-0.4, -0.2) is 55.4 Å². The second-order valence-electron chi connectivity index (χ2n) is 8.53. The Morgan fingerprint density at radius 1 is 1.03 bits per heavy atom. The maximum atomic E-state index is 13.3. The van der Waals surface area contributed by atoms with Crippen LogP contribution in [0.15, 0.2) is 60.8 Å². The molecule has 7 heteroatoms. The van der Waals surface area contributed by atoms with Gasteiger partial charge in [0.25, 0.3) is 5.91 Å². The Kier molecular flexibility index (Phi) is 6.20. The minimum atomic E-state index is -0.426. The molecule has 34 heavy (non-hydrogen) atoms. The molecular formula is C27H30N2O5. The van der Waals surface area contributed by atoms with Crippen molar-refractivity contribution in [3.63, 3.8) is 0 Å². The fourth-order valence-electron chi connectivity index (χ4n) is 4.85. The van der Waals surface area contributed by atoms with Crippen LogP contribution in [0.3, 0.4) is 0 Å². The number of hydrogen-bond acceptors (Lipinski definition) is 5. The minimum absolute atomic E-state index is 0.0133. The molecule has 0 bridgehead atoms. The lowest BCUT2D eigenvalue weighted by Gasteiger charge is -2.45. The van der Waals surface area contributed by atoms with Gasteiger partial charge in [0.1, 0.15) is 12.4 Å². The second kappa shape index (κ2) is 9.43. The maximum absolute atomic E-state index is 13.3. The number of nitrogens with zero attached hydrogens (tertiary/aromatic N) is 2. The van der Waals surface area contributed by atoms with Gasteiger partial charge in [0.05, 0.1) is 25.1 Å². The van der Waals surface area contributed by atoms with Crippen LogP contribution in [0.1, 0.15) is 35.8 Å². The van der Waals surface area contributed by atoms with Gasteiger partial charge in [-0.2, -0.15) is 0 Å². The summed E-state index contributed by atoms with van der Waals surface area (Å²) in [5, 5.41) is 0. The zero-order valence-electron chi connectivity index (χ0n) is 19.7. The van der Waals surface area contributed by atoms with Gasteiger partial charge in [0.2, 0.25) is 0 Å². The van der Waals surface area contributed by atoms with Crippen molar-refractivity contribution in [2.75, 3.05) is 40.0 Å². The number of aromatic nitrogens is 1. The first-order valence-corrected chi connectivity index (χ1v) is 11.8. The van der Waals surface area contributed by atoms with Crippen LogP contribution in [0, 0.1) is 0 Å². The smallest absolute Gasteiger partial charge is 0.253 e. The largest absolute Gasteiger partial charge is 0.493 e. The Morgan fingerprint density at radius 3 is 2.65 bits per heavy atom. The Hall–Kier alpha value is -3.45. The topological polar surface area (TPSA) is 62.2 Å². The molecule has 2 aliphatic heterocycles. The SMILES string of the molecule is CCOCCOc1ccc(C(=O)N2CCC3(CC2)Oc2ccccc2-n2cccc23)cc1OC. The Balaban J connectivity index is 1.29. The van der Waals surface area contributed by atoms with E-state index in [1.807, 2.05) is 30.0 Å². The van der Waals surface area contributed by atoms with Crippen LogP contribution in [0.2, 0.25) is 0 Å². The number of fused-ring (bicyclic) bond motifs is 4. The van der Waals surface area contributed by atoms with Crippen LogP contribution >= 0.6 is 0 Å². The fourth-order valence-corrected chi connectivity index (χ4v) is 4.85. The molecule has 3 aromatic rings. The van der Waals surface area contributed by atoms with Crippen LogP contribution in [-0.2, 0) is 10.3 Å². The van der Waals surface area contributed by atoms with E-state index < -0.39 is 5.60 Å².